The Bertz CT molecular complexity index is 358. The summed E-state index contributed by atoms with van der Waals surface area (Å²) in [5, 5.41) is 1.90. The standard InChI is InChI=1S/C12H17F3N2O2/c13-12(14,15)7-16-10(18)8-3-5-17(6-4-8)11(19)9-1-2-9/h8-9H,1-7H2,(H,16,18). The van der Waals surface area contributed by atoms with Crippen molar-refractivity contribution in [2.45, 2.75) is 31.9 Å². The molecule has 0 aromatic carbocycles. The molecule has 19 heavy (non-hydrogen) atoms. The van der Waals surface area contributed by atoms with Crippen molar-refractivity contribution in [2.75, 3.05) is 19.6 Å². The highest BCUT2D eigenvalue weighted by Gasteiger charge is 2.36. The molecule has 0 bridgehead atoms. The first-order valence-electron chi connectivity index (χ1n) is 6.50. The van der Waals surface area contributed by atoms with Gasteiger partial charge >= 0.3 is 6.18 Å². The van der Waals surface area contributed by atoms with Gasteiger partial charge in [0.25, 0.3) is 0 Å². The zero-order valence-electron chi connectivity index (χ0n) is 10.5. The number of amides is 2. The summed E-state index contributed by atoms with van der Waals surface area (Å²) in [5.41, 5.74) is 0. The minimum absolute atomic E-state index is 0.133. The van der Waals surface area contributed by atoms with Gasteiger partial charge in [-0.2, -0.15) is 13.2 Å². The average molecular weight is 278 g/mol. The number of piperidine rings is 1. The Morgan fingerprint density at radius 2 is 1.63 bits per heavy atom. The number of alkyl halides is 3. The van der Waals surface area contributed by atoms with E-state index in [1.54, 1.807) is 4.90 Å². The highest BCUT2D eigenvalue weighted by molar-refractivity contribution is 5.82. The van der Waals surface area contributed by atoms with E-state index in [1.807, 2.05) is 5.32 Å². The van der Waals surface area contributed by atoms with Gasteiger partial charge in [-0.05, 0) is 25.7 Å². The van der Waals surface area contributed by atoms with Gasteiger partial charge in [-0.15, -0.1) is 0 Å². The van der Waals surface area contributed by atoms with E-state index in [-0.39, 0.29) is 11.8 Å². The molecule has 4 nitrogen and oxygen atoms in total. The molecule has 0 aromatic rings. The topological polar surface area (TPSA) is 49.4 Å². The van der Waals surface area contributed by atoms with Gasteiger partial charge in [-0.3, -0.25) is 9.59 Å². The average Bonchev–Trinajstić information content (AvgIpc) is 3.18. The van der Waals surface area contributed by atoms with Crippen LogP contribution >= 0.6 is 0 Å². The molecule has 0 unspecified atom stereocenters. The van der Waals surface area contributed by atoms with E-state index < -0.39 is 24.5 Å². The monoisotopic (exact) mass is 278 g/mol. The Kier molecular flexibility index (Phi) is 4.01. The van der Waals surface area contributed by atoms with Crippen LogP contribution in [-0.4, -0.2) is 42.5 Å². The molecule has 108 valence electrons. The molecule has 1 saturated heterocycles. The zero-order chi connectivity index (χ0) is 14.0. The molecule has 1 saturated carbocycles. The van der Waals surface area contributed by atoms with Crippen molar-refractivity contribution in [2.24, 2.45) is 11.8 Å². The molecule has 2 aliphatic rings. The summed E-state index contributed by atoms with van der Waals surface area (Å²) >= 11 is 0. The minimum atomic E-state index is -4.38. The Morgan fingerprint density at radius 1 is 1.05 bits per heavy atom. The number of hydrogen-bond acceptors (Lipinski definition) is 2. The predicted molar refractivity (Wildman–Crippen MR) is 61.1 cm³/mol. The van der Waals surface area contributed by atoms with Crippen molar-refractivity contribution in [1.82, 2.24) is 10.2 Å². The molecule has 2 fully saturated rings. The summed E-state index contributed by atoms with van der Waals surface area (Å²) in [7, 11) is 0. The zero-order valence-corrected chi connectivity index (χ0v) is 10.5. The van der Waals surface area contributed by atoms with Crippen LogP contribution in [0.15, 0.2) is 0 Å². The van der Waals surface area contributed by atoms with E-state index in [9.17, 15) is 22.8 Å². The van der Waals surface area contributed by atoms with Gasteiger partial charge in [0.1, 0.15) is 6.54 Å². The van der Waals surface area contributed by atoms with Crippen LogP contribution in [0.4, 0.5) is 13.2 Å². The fourth-order valence-corrected chi connectivity index (χ4v) is 2.28. The third kappa shape index (κ3) is 4.11. The minimum Gasteiger partial charge on any atom is -0.347 e. The highest BCUT2D eigenvalue weighted by atomic mass is 19.4. The molecule has 1 aliphatic heterocycles. The fourth-order valence-electron chi connectivity index (χ4n) is 2.28. The number of hydrogen-bond donors (Lipinski definition) is 1. The second-order valence-corrected chi connectivity index (χ2v) is 5.21. The van der Waals surface area contributed by atoms with Crippen LogP contribution < -0.4 is 5.32 Å². The molecule has 7 heteroatoms. The van der Waals surface area contributed by atoms with E-state index >= 15 is 0 Å². The third-order valence-corrected chi connectivity index (χ3v) is 3.57. The maximum absolute atomic E-state index is 12.0. The Labute approximate surface area is 109 Å². The maximum atomic E-state index is 12.0. The first kappa shape index (κ1) is 14.1. The number of carbonyl (C=O) groups is 2. The van der Waals surface area contributed by atoms with Gasteiger partial charge in [0.15, 0.2) is 0 Å². The summed E-state index contributed by atoms with van der Waals surface area (Å²) < 4.78 is 35.9. The first-order valence-corrected chi connectivity index (χ1v) is 6.50. The lowest BCUT2D eigenvalue weighted by Gasteiger charge is -2.31. The molecule has 0 spiro atoms. The normalized spacial score (nSPS) is 21.3. The number of nitrogens with zero attached hydrogens (tertiary/aromatic N) is 1. The summed E-state index contributed by atoms with van der Waals surface area (Å²) in [5.74, 6) is -0.689. The number of halogens is 3. The van der Waals surface area contributed by atoms with Crippen molar-refractivity contribution >= 4 is 11.8 Å². The molecule has 1 N–H and O–H groups in total. The van der Waals surface area contributed by atoms with Crippen LogP contribution in [0, 0.1) is 11.8 Å². The Morgan fingerprint density at radius 3 is 2.11 bits per heavy atom. The number of carbonyl (C=O) groups excluding carboxylic acids is 2. The van der Waals surface area contributed by atoms with Gasteiger partial charge in [0.2, 0.25) is 11.8 Å². The van der Waals surface area contributed by atoms with Crippen LogP contribution in [0.2, 0.25) is 0 Å². The van der Waals surface area contributed by atoms with Gasteiger partial charge < -0.3 is 10.2 Å². The Balaban J connectivity index is 1.73. The van der Waals surface area contributed by atoms with E-state index in [1.165, 1.54) is 0 Å². The summed E-state index contributed by atoms with van der Waals surface area (Å²) in [6.07, 6.45) is -1.61. The van der Waals surface area contributed by atoms with E-state index in [4.69, 9.17) is 0 Å². The SMILES string of the molecule is O=C(NCC(F)(F)F)C1CCN(C(=O)C2CC2)CC1. The Hall–Kier alpha value is -1.27. The van der Waals surface area contributed by atoms with E-state index in [0.717, 1.165) is 12.8 Å². The predicted octanol–water partition coefficient (Wildman–Crippen LogP) is 1.31. The van der Waals surface area contributed by atoms with Crippen molar-refractivity contribution in [3.05, 3.63) is 0 Å². The summed E-state index contributed by atoms with van der Waals surface area (Å²) in [4.78, 5) is 25.1. The molecule has 2 rings (SSSR count). The lowest BCUT2D eigenvalue weighted by atomic mass is 9.95. The van der Waals surface area contributed by atoms with Crippen LogP contribution in [0.25, 0.3) is 0 Å². The second-order valence-electron chi connectivity index (χ2n) is 5.21. The van der Waals surface area contributed by atoms with Crippen LogP contribution in [-0.2, 0) is 9.59 Å². The molecule has 0 atom stereocenters. The number of rotatable bonds is 3. The molecule has 2 amide bonds. The molecule has 0 aromatic heterocycles. The summed E-state index contributed by atoms with van der Waals surface area (Å²) in [6, 6.07) is 0. The first-order chi connectivity index (χ1) is 8.87. The van der Waals surface area contributed by atoms with Crippen LogP contribution in [0.1, 0.15) is 25.7 Å². The van der Waals surface area contributed by atoms with Crippen LogP contribution in [0.5, 0.6) is 0 Å². The lowest BCUT2D eigenvalue weighted by Crippen LogP contribution is -2.45. The van der Waals surface area contributed by atoms with Gasteiger partial charge in [0, 0.05) is 24.9 Å². The van der Waals surface area contributed by atoms with E-state index in [2.05, 4.69) is 0 Å². The number of nitrogens with one attached hydrogen (secondary N) is 1. The largest absolute Gasteiger partial charge is 0.405 e. The molecular weight excluding hydrogens is 261 g/mol. The van der Waals surface area contributed by atoms with Gasteiger partial charge in [0.05, 0.1) is 0 Å². The van der Waals surface area contributed by atoms with Gasteiger partial charge in [-0.1, -0.05) is 0 Å². The highest BCUT2D eigenvalue weighted by Crippen LogP contribution is 2.32. The molecule has 1 heterocycles. The number of likely N-dealkylation sites (tertiary alicyclic amines) is 1. The smallest absolute Gasteiger partial charge is 0.347 e. The van der Waals surface area contributed by atoms with Crippen molar-refractivity contribution in [1.29, 1.82) is 0 Å². The molecule has 0 radical (unpaired) electrons. The van der Waals surface area contributed by atoms with Crippen molar-refractivity contribution < 1.29 is 22.8 Å². The third-order valence-electron chi connectivity index (χ3n) is 3.57. The van der Waals surface area contributed by atoms with Crippen LogP contribution in [0.3, 0.4) is 0 Å². The van der Waals surface area contributed by atoms with Gasteiger partial charge in [-0.25, -0.2) is 0 Å². The fraction of sp³-hybridized carbons (Fsp3) is 0.833. The molecular formula is C12H17F3N2O2. The quantitative estimate of drug-likeness (QED) is 0.846. The lowest BCUT2D eigenvalue weighted by molar-refractivity contribution is -0.143. The maximum Gasteiger partial charge on any atom is 0.405 e. The second kappa shape index (κ2) is 5.38. The molecule has 1 aliphatic carbocycles. The summed E-state index contributed by atoms with van der Waals surface area (Å²) in [6.45, 7) is -0.341. The van der Waals surface area contributed by atoms with E-state index in [0.29, 0.717) is 25.9 Å². The van der Waals surface area contributed by atoms with Crippen molar-refractivity contribution in [3.8, 4) is 0 Å². The van der Waals surface area contributed by atoms with Crippen molar-refractivity contribution in [3.63, 3.8) is 0 Å².